The van der Waals surface area contributed by atoms with Gasteiger partial charge in [0.05, 0.1) is 16.9 Å². The number of aliphatic carboxylic acids is 1. The fraction of sp³-hybridized carbons (Fsp3) is 0.333. The molecule has 1 unspecified atom stereocenters. The first-order valence-electron chi connectivity index (χ1n) is 5.82. The number of carbonyl (C=O) groups is 2. The number of hydrogen-bond acceptors (Lipinski definition) is 4. The van der Waals surface area contributed by atoms with Crippen LogP contribution >= 0.6 is 11.6 Å². The molecule has 0 bridgehead atoms. The topological polar surface area (TPSA) is 110 Å². The molecule has 0 aliphatic carbocycles. The molecule has 0 aliphatic rings. The Kier molecular flexibility index (Phi) is 5.45. The summed E-state index contributed by atoms with van der Waals surface area (Å²) in [6, 6.07) is 3.32. The fourth-order valence-corrected chi connectivity index (χ4v) is 1.89. The van der Waals surface area contributed by atoms with Crippen LogP contribution in [0, 0.1) is 10.1 Å². The van der Waals surface area contributed by atoms with E-state index < -0.39 is 22.8 Å². The lowest BCUT2D eigenvalue weighted by Gasteiger charge is -2.15. The predicted molar refractivity (Wildman–Crippen MR) is 71.9 cm³/mol. The highest BCUT2D eigenvalue weighted by atomic mass is 35.5. The largest absolute Gasteiger partial charge is 0.481 e. The smallest absolute Gasteiger partial charge is 0.305 e. The van der Waals surface area contributed by atoms with E-state index in [1.165, 1.54) is 18.2 Å². The molecule has 0 aliphatic heterocycles. The number of benzene rings is 1. The van der Waals surface area contributed by atoms with Crippen LogP contribution in [0.1, 0.15) is 30.1 Å². The van der Waals surface area contributed by atoms with Crippen molar-refractivity contribution in [3.63, 3.8) is 0 Å². The van der Waals surface area contributed by atoms with Gasteiger partial charge in [0.25, 0.3) is 11.6 Å². The van der Waals surface area contributed by atoms with Gasteiger partial charge in [-0.05, 0) is 12.5 Å². The van der Waals surface area contributed by atoms with Gasteiger partial charge in [0.1, 0.15) is 5.02 Å². The van der Waals surface area contributed by atoms with E-state index in [-0.39, 0.29) is 22.7 Å². The molecule has 0 fully saturated rings. The van der Waals surface area contributed by atoms with Crippen LogP contribution in [-0.2, 0) is 4.79 Å². The summed E-state index contributed by atoms with van der Waals surface area (Å²) in [6.07, 6.45) is 0.194. The van der Waals surface area contributed by atoms with E-state index >= 15 is 0 Å². The zero-order chi connectivity index (χ0) is 15.3. The van der Waals surface area contributed by atoms with Crippen LogP contribution in [0.3, 0.4) is 0 Å². The maximum atomic E-state index is 12.0. The molecular formula is C12H13ClN2O5. The lowest BCUT2D eigenvalue weighted by Crippen LogP contribution is -2.36. The summed E-state index contributed by atoms with van der Waals surface area (Å²) >= 11 is 5.81. The second-order valence-corrected chi connectivity index (χ2v) is 4.45. The zero-order valence-electron chi connectivity index (χ0n) is 10.6. The van der Waals surface area contributed by atoms with Crippen molar-refractivity contribution < 1.29 is 19.6 Å². The van der Waals surface area contributed by atoms with Gasteiger partial charge in [0.2, 0.25) is 0 Å². The number of halogens is 1. The Morgan fingerprint density at radius 1 is 1.50 bits per heavy atom. The van der Waals surface area contributed by atoms with Crippen LogP contribution in [0.25, 0.3) is 0 Å². The molecule has 0 heterocycles. The second kappa shape index (κ2) is 6.85. The fourth-order valence-electron chi connectivity index (χ4n) is 1.61. The minimum Gasteiger partial charge on any atom is -0.481 e. The number of carboxylic acid groups (broad SMARTS) is 1. The number of carbonyl (C=O) groups excluding carboxylic acids is 1. The van der Waals surface area contributed by atoms with Gasteiger partial charge in [-0.1, -0.05) is 24.6 Å². The molecule has 0 spiro atoms. The van der Waals surface area contributed by atoms with Crippen LogP contribution in [0.5, 0.6) is 0 Å². The summed E-state index contributed by atoms with van der Waals surface area (Å²) in [5, 5.41) is 21.7. The minimum absolute atomic E-state index is 0.0512. The average Bonchev–Trinajstić information content (AvgIpc) is 2.37. The normalized spacial score (nSPS) is 11.7. The summed E-state index contributed by atoms with van der Waals surface area (Å²) in [4.78, 5) is 32.7. The van der Waals surface area contributed by atoms with Gasteiger partial charge in [-0.3, -0.25) is 19.7 Å². The van der Waals surface area contributed by atoms with Crippen molar-refractivity contribution in [3.8, 4) is 0 Å². The van der Waals surface area contributed by atoms with Crippen LogP contribution in [0.4, 0.5) is 5.69 Å². The van der Waals surface area contributed by atoms with Crippen molar-refractivity contribution in [2.24, 2.45) is 0 Å². The van der Waals surface area contributed by atoms with Crippen LogP contribution in [-0.4, -0.2) is 27.9 Å². The quantitative estimate of drug-likeness (QED) is 0.618. The number of nitrogens with zero attached hydrogens (tertiary/aromatic N) is 1. The molecule has 1 aromatic rings. The maximum absolute atomic E-state index is 12.0. The number of rotatable bonds is 6. The first kappa shape index (κ1) is 15.9. The molecule has 1 amide bonds. The molecule has 2 N–H and O–H groups in total. The lowest BCUT2D eigenvalue weighted by molar-refractivity contribution is -0.384. The monoisotopic (exact) mass is 300 g/mol. The van der Waals surface area contributed by atoms with Gasteiger partial charge < -0.3 is 10.4 Å². The number of nitro groups is 1. The highest BCUT2D eigenvalue weighted by Gasteiger charge is 2.22. The third kappa shape index (κ3) is 3.92. The van der Waals surface area contributed by atoms with Crippen molar-refractivity contribution >= 4 is 29.2 Å². The van der Waals surface area contributed by atoms with Gasteiger partial charge in [-0.25, -0.2) is 0 Å². The highest BCUT2D eigenvalue weighted by molar-refractivity contribution is 6.35. The van der Waals surface area contributed by atoms with Crippen molar-refractivity contribution in [1.82, 2.24) is 5.32 Å². The molecule has 1 aromatic carbocycles. The summed E-state index contributed by atoms with van der Waals surface area (Å²) in [5.41, 5.74) is -0.421. The number of amides is 1. The van der Waals surface area contributed by atoms with Crippen molar-refractivity contribution in [2.75, 3.05) is 0 Å². The molecule has 0 radical (unpaired) electrons. The van der Waals surface area contributed by atoms with Crippen LogP contribution < -0.4 is 5.32 Å². The second-order valence-electron chi connectivity index (χ2n) is 4.07. The number of carboxylic acids is 1. The first-order valence-corrected chi connectivity index (χ1v) is 6.20. The average molecular weight is 301 g/mol. The number of nitro benzene ring substituents is 1. The third-order valence-electron chi connectivity index (χ3n) is 2.67. The predicted octanol–water partition coefficient (Wildman–Crippen LogP) is 2.23. The molecule has 8 heteroatoms. The van der Waals surface area contributed by atoms with E-state index in [0.29, 0.717) is 6.42 Å². The first-order chi connectivity index (χ1) is 9.36. The van der Waals surface area contributed by atoms with Gasteiger partial charge in [0, 0.05) is 12.1 Å². The summed E-state index contributed by atoms with van der Waals surface area (Å²) in [6.45, 7) is 1.73. The Morgan fingerprint density at radius 2 is 2.15 bits per heavy atom. The lowest BCUT2D eigenvalue weighted by atomic mass is 10.1. The third-order valence-corrected chi connectivity index (χ3v) is 3.07. The van der Waals surface area contributed by atoms with E-state index in [0.717, 1.165) is 0 Å². The molecule has 7 nitrogen and oxygen atoms in total. The Labute approximate surface area is 119 Å². The molecule has 0 saturated carbocycles. The minimum atomic E-state index is -1.04. The Balaban J connectivity index is 2.95. The standard InChI is InChI=1S/C12H13ClN2O5/c1-2-7(6-10(16)17)14-12(18)8-4-3-5-9(11(8)13)15(19)20/h3-5,7H,2,6H2,1H3,(H,14,18)(H,16,17). The molecule has 1 atom stereocenters. The number of nitrogens with one attached hydrogen (secondary N) is 1. The molecule has 0 saturated heterocycles. The molecule has 20 heavy (non-hydrogen) atoms. The highest BCUT2D eigenvalue weighted by Crippen LogP contribution is 2.27. The zero-order valence-corrected chi connectivity index (χ0v) is 11.4. The maximum Gasteiger partial charge on any atom is 0.305 e. The van der Waals surface area contributed by atoms with Crippen molar-refractivity contribution in [2.45, 2.75) is 25.8 Å². The van der Waals surface area contributed by atoms with E-state index in [1.807, 2.05) is 0 Å². The van der Waals surface area contributed by atoms with Gasteiger partial charge in [-0.15, -0.1) is 0 Å². The van der Waals surface area contributed by atoms with Crippen LogP contribution in [0.15, 0.2) is 18.2 Å². The van der Waals surface area contributed by atoms with Gasteiger partial charge in [-0.2, -0.15) is 0 Å². The SMILES string of the molecule is CCC(CC(=O)O)NC(=O)c1cccc([N+](=O)[O-])c1Cl. The van der Waals surface area contributed by atoms with Gasteiger partial charge in [0.15, 0.2) is 0 Å². The summed E-state index contributed by atoms with van der Waals surface area (Å²) in [5.74, 6) is -1.67. The Morgan fingerprint density at radius 3 is 2.65 bits per heavy atom. The molecular weight excluding hydrogens is 288 g/mol. The van der Waals surface area contributed by atoms with Gasteiger partial charge >= 0.3 is 5.97 Å². The Hall–Kier alpha value is -2.15. The van der Waals surface area contributed by atoms with E-state index in [2.05, 4.69) is 5.32 Å². The summed E-state index contributed by atoms with van der Waals surface area (Å²) < 4.78 is 0. The molecule has 1 rings (SSSR count). The van der Waals surface area contributed by atoms with E-state index in [9.17, 15) is 19.7 Å². The molecule has 108 valence electrons. The number of hydrogen-bond donors (Lipinski definition) is 2. The summed E-state index contributed by atoms with van der Waals surface area (Å²) in [7, 11) is 0. The van der Waals surface area contributed by atoms with Crippen molar-refractivity contribution in [1.29, 1.82) is 0 Å². The van der Waals surface area contributed by atoms with Crippen LogP contribution in [0.2, 0.25) is 5.02 Å². The molecule has 0 aromatic heterocycles. The van der Waals surface area contributed by atoms with Crippen molar-refractivity contribution in [3.05, 3.63) is 38.9 Å². The van der Waals surface area contributed by atoms with E-state index in [1.54, 1.807) is 6.92 Å². The van der Waals surface area contributed by atoms with E-state index in [4.69, 9.17) is 16.7 Å². The Bertz CT molecular complexity index is 547.